The molecule has 6 heteroatoms. The van der Waals surface area contributed by atoms with E-state index in [1.807, 2.05) is 11.8 Å². The fourth-order valence-corrected chi connectivity index (χ4v) is 3.76. The Hall–Kier alpha value is -0.360. The van der Waals surface area contributed by atoms with Gasteiger partial charge in [0, 0.05) is 47.7 Å². The summed E-state index contributed by atoms with van der Waals surface area (Å²) in [4.78, 5) is 13.1. The van der Waals surface area contributed by atoms with E-state index in [-0.39, 0.29) is 18.3 Å². The van der Waals surface area contributed by atoms with Crippen LogP contribution in [0.1, 0.15) is 12.0 Å². The van der Waals surface area contributed by atoms with E-state index in [0.717, 1.165) is 30.3 Å². The highest BCUT2D eigenvalue weighted by Gasteiger charge is 2.16. The molecule has 1 heterocycles. The van der Waals surface area contributed by atoms with Crippen LogP contribution in [0.3, 0.4) is 0 Å². The molecule has 21 heavy (non-hydrogen) atoms. The van der Waals surface area contributed by atoms with Gasteiger partial charge in [-0.3, -0.25) is 4.79 Å². The summed E-state index contributed by atoms with van der Waals surface area (Å²) in [6.07, 6.45) is 0.599. The molecule has 2 N–H and O–H groups in total. The van der Waals surface area contributed by atoms with Crippen molar-refractivity contribution >= 4 is 41.8 Å². The van der Waals surface area contributed by atoms with Crippen LogP contribution < -0.4 is 10.6 Å². The molecule has 0 aromatic heterocycles. The maximum atomic E-state index is 11.8. The first-order valence-electron chi connectivity index (χ1n) is 7.01. The summed E-state index contributed by atoms with van der Waals surface area (Å²) in [6, 6.07) is 8.84. The lowest BCUT2D eigenvalue weighted by atomic mass is 10.2. The summed E-state index contributed by atoms with van der Waals surface area (Å²) >= 11 is 3.71. The lowest BCUT2D eigenvalue weighted by Gasteiger charge is -2.22. The van der Waals surface area contributed by atoms with Gasteiger partial charge in [0.05, 0.1) is 0 Å². The van der Waals surface area contributed by atoms with Crippen molar-refractivity contribution in [3.05, 3.63) is 29.8 Å². The van der Waals surface area contributed by atoms with E-state index in [0.29, 0.717) is 12.5 Å². The summed E-state index contributed by atoms with van der Waals surface area (Å²) in [5.41, 5.74) is 1.28. The van der Waals surface area contributed by atoms with Crippen molar-refractivity contribution in [1.29, 1.82) is 0 Å². The Bertz CT molecular complexity index is 422. The van der Waals surface area contributed by atoms with Gasteiger partial charge in [-0.2, -0.15) is 11.8 Å². The van der Waals surface area contributed by atoms with Gasteiger partial charge in [-0.1, -0.05) is 17.7 Å². The molecule has 1 aliphatic rings. The molecule has 2 rings (SSSR count). The molecule has 0 spiro atoms. The lowest BCUT2D eigenvalue weighted by molar-refractivity contribution is -0.121. The van der Waals surface area contributed by atoms with Crippen molar-refractivity contribution in [3.8, 4) is 0 Å². The minimum Gasteiger partial charge on any atom is -0.355 e. The van der Waals surface area contributed by atoms with Crippen LogP contribution in [0.2, 0.25) is 0 Å². The topological polar surface area (TPSA) is 41.1 Å². The largest absolute Gasteiger partial charge is 0.355 e. The molecule has 1 aliphatic heterocycles. The van der Waals surface area contributed by atoms with E-state index in [2.05, 4.69) is 41.8 Å². The molecule has 1 saturated heterocycles. The minimum atomic E-state index is 0. The molecular formula is C15H23ClN2OS2. The van der Waals surface area contributed by atoms with E-state index in [1.165, 1.54) is 10.5 Å². The number of nitrogens with one attached hydrogen (secondary N) is 2. The fourth-order valence-electron chi connectivity index (χ4n) is 2.04. The van der Waals surface area contributed by atoms with Gasteiger partial charge >= 0.3 is 0 Å². The lowest BCUT2D eigenvalue weighted by Crippen LogP contribution is -2.41. The Morgan fingerprint density at radius 3 is 2.86 bits per heavy atom. The highest BCUT2D eigenvalue weighted by molar-refractivity contribution is 7.99. The van der Waals surface area contributed by atoms with Crippen molar-refractivity contribution in [2.24, 2.45) is 0 Å². The number of benzene rings is 1. The molecule has 3 nitrogen and oxygen atoms in total. The van der Waals surface area contributed by atoms with E-state index < -0.39 is 0 Å². The maximum absolute atomic E-state index is 11.8. The number of hydrogen-bond acceptors (Lipinski definition) is 4. The molecule has 0 radical (unpaired) electrons. The predicted octanol–water partition coefficient (Wildman–Crippen LogP) is 2.72. The molecule has 0 saturated carbocycles. The summed E-state index contributed by atoms with van der Waals surface area (Å²) in [5, 5.41) is 6.39. The highest BCUT2D eigenvalue weighted by atomic mass is 35.5. The first kappa shape index (κ1) is 18.7. The third-order valence-electron chi connectivity index (χ3n) is 3.14. The Morgan fingerprint density at radius 1 is 1.43 bits per heavy atom. The maximum Gasteiger partial charge on any atom is 0.221 e. The summed E-state index contributed by atoms with van der Waals surface area (Å²) in [6.45, 7) is 3.84. The van der Waals surface area contributed by atoms with E-state index in [9.17, 15) is 4.79 Å². The van der Waals surface area contributed by atoms with Gasteiger partial charge in [-0.05, 0) is 19.1 Å². The van der Waals surface area contributed by atoms with Crippen molar-refractivity contribution in [1.82, 2.24) is 10.6 Å². The quantitative estimate of drug-likeness (QED) is 0.614. The Kier molecular flexibility index (Phi) is 9.24. The number of thioether (sulfide) groups is 2. The number of aryl methyl sites for hydroxylation is 1. The molecule has 0 bridgehead atoms. The minimum absolute atomic E-state index is 0. The van der Waals surface area contributed by atoms with Gasteiger partial charge < -0.3 is 10.6 Å². The molecule has 0 aliphatic carbocycles. The zero-order chi connectivity index (χ0) is 14.2. The second-order valence-electron chi connectivity index (χ2n) is 4.94. The molecule has 1 aromatic rings. The van der Waals surface area contributed by atoms with Crippen LogP contribution in [0.25, 0.3) is 0 Å². The van der Waals surface area contributed by atoms with Crippen LogP contribution in [0.15, 0.2) is 29.2 Å². The zero-order valence-electron chi connectivity index (χ0n) is 12.3. The van der Waals surface area contributed by atoms with Crippen LogP contribution in [0.5, 0.6) is 0 Å². The molecule has 118 valence electrons. The number of hydrogen-bond donors (Lipinski definition) is 2. The smallest absolute Gasteiger partial charge is 0.221 e. The number of rotatable bonds is 6. The average Bonchev–Trinajstić information content (AvgIpc) is 2.46. The van der Waals surface area contributed by atoms with Gasteiger partial charge in [0.2, 0.25) is 5.91 Å². The SMILES string of the molecule is Cc1ccc(SCCNC(=O)CC2CSCCN2)cc1.Cl. The standard InChI is InChI=1S/C15H22N2OS2.ClH/c1-12-2-4-14(5-3-12)20-9-7-17-15(18)10-13-11-19-8-6-16-13;/h2-5,13,16H,6-11H2,1H3,(H,17,18);1H. The van der Waals surface area contributed by atoms with Crippen LogP contribution in [0, 0.1) is 6.92 Å². The third-order valence-corrected chi connectivity index (χ3v) is 5.29. The zero-order valence-corrected chi connectivity index (χ0v) is 14.7. The average molecular weight is 347 g/mol. The van der Waals surface area contributed by atoms with Crippen LogP contribution in [0.4, 0.5) is 0 Å². The van der Waals surface area contributed by atoms with Crippen LogP contribution in [-0.2, 0) is 4.79 Å². The third kappa shape index (κ3) is 7.45. The fraction of sp³-hybridized carbons (Fsp3) is 0.533. The van der Waals surface area contributed by atoms with Gasteiger partial charge in [0.25, 0.3) is 0 Å². The van der Waals surface area contributed by atoms with Crippen LogP contribution >= 0.6 is 35.9 Å². The first-order chi connectivity index (χ1) is 9.74. The summed E-state index contributed by atoms with van der Waals surface area (Å²) < 4.78 is 0. The Morgan fingerprint density at radius 2 is 2.19 bits per heavy atom. The van der Waals surface area contributed by atoms with Crippen molar-refractivity contribution in [3.63, 3.8) is 0 Å². The Balaban J connectivity index is 0.00000220. The molecular weight excluding hydrogens is 324 g/mol. The summed E-state index contributed by atoms with van der Waals surface area (Å²) in [7, 11) is 0. The number of carbonyl (C=O) groups is 1. The van der Waals surface area contributed by atoms with Crippen molar-refractivity contribution in [2.45, 2.75) is 24.3 Å². The second-order valence-corrected chi connectivity index (χ2v) is 7.26. The van der Waals surface area contributed by atoms with E-state index in [4.69, 9.17) is 0 Å². The van der Waals surface area contributed by atoms with Gasteiger partial charge in [0.15, 0.2) is 0 Å². The number of carbonyl (C=O) groups excluding carboxylic acids is 1. The number of amides is 1. The van der Waals surface area contributed by atoms with Gasteiger partial charge in [-0.25, -0.2) is 0 Å². The molecule has 1 unspecified atom stereocenters. The normalized spacial score (nSPS) is 17.9. The second kappa shape index (κ2) is 10.4. The Labute approximate surface area is 141 Å². The predicted molar refractivity (Wildman–Crippen MR) is 95.9 cm³/mol. The van der Waals surface area contributed by atoms with E-state index >= 15 is 0 Å². The number of halogens is 1. The van der Waals surface area contributed by atoms with E-state index in [1.54, 1.807) is 11.8 Å². The monoisotopic (exact) mass is 346 g/mol. The van der Waals surface area contributed by atoms with Crippen LogP contribution in [-0.4, -0.2) is 42.3 Å². The molecule has 1 fully saturated rings. The van der Waals surface area contributed by atoms with Crippen molar-refractivity contribution < 1.29 is 4.79 Å². The molecule has 1 amide bonds. The molecule has 1 atom stereocenters. The molecule has 1 aromatic carbocycles. The van der Waals surface area contributed by atoms with Crippen molar-refractivity contribution in [2.75, 3.05) is 30.3 Å². The summed E-state index contributed by atoms with van der Waals surface area (Å²) in [5.74, 6) is 3.29. The van der Waals surface area contributed by atoms with Gasteiger partial charge in [0.1, 0.15) is 0 Å². The van der Waals surface area contributed by atoms with Gasteiger partial charge in [-0.15, -0.1) is 24.2 Å². The highest BCUT2D eigenvalue weighted by Crippen LogP contribution is 2.17. The first-order valence-corrected chi connectivity index (χ1v) is 9.15.